The van der Waals surface area contributed by atoms with Gasteiger partial charge in [0, 0.05) is 31.5 Å². The molecule has 2 heterocycles. The molecule has 0 amide bonds. The first-order chi connectivity index (χ1) is 8.20. The third kappa shape index (κ3) is 3.04. The lowest BCUT2D eigenvalue weighted by Gasteiger charge is -2.34. The minimum absolute atomic E-state index is 0.418. The average Bonchev–Trinajstić information content (AvgIpc) is 2.78. The van der Waals surface area contributed by atoms with Crippen LogP contribution in [0.25, 0.3) is 0 Å². The van der Waals surface area contributed by atoms with Crippen LogP contribution in [0.3, 0.4) is 0 Å². The molecular weight excluding hydrogens is 216 g/mol. The van der Waals surface area contributed by atoms with Gasteiger partial charge in [0.2, 0.25) is 5.89 Å². The third-order valence-electron chi connectivity index (χ3n) is 3.39. The van der Waals surface area contributed by atoms with Crippen molar-refractivity contribution in [3.05, 3.63) is 11.7 Å². The molecule has 1 saturated heterocycles. The van der Waals surface area contributed by atoms with Gasteiger partial charge in [0.05, 0.1) is 0 Å². The first kappa shape index (κ1) is 12.5. The molecule has 1 atom stereocenters. The molecule has 1 aromatic heterocycles. The van der Waals surface area contributed by atoms with Crippen molar-refractivity contribution in [2.24, 2.45) is 5.73 Å². The Hall–Kier alpha value is -0.940. The number of nitrogens with zero attached hydrogens (tertiary/aromatic N) is 3. The predicted molar refractivity (Wildman–Crippen MR) is 65.7 cm³/mol. The molecule has 5 heteroatoms. The van der Waals surface area contributed by atoms with E-state index in [1.807, 2.05) is 0 Å². The summed E-state index contributed by atoms with van der Waals surface area (Å²) in [4.78, 5) is 6.91. The molecule has 2 rings (SSSR count). The fourth-order valence-electron chi connectivity index (χ4n) is 2.35. The maximum Gasteiger partial charge on any atom is 0.227 e. The Labute approximate surface area is 102 Å². The van der Waals surface area contributed by atoms with Crippen LogP contribution in [-0.2, 0) is 6.42 Å². The van der Waals surface area contributed by atoms with E-state index in [0.29, 0.717) is 30.8 Å². The number of likely N-dealkylation sites (tertiary alicyclic amines) is 1. The number of hydrogen-bond donors (Lipinski definition) is 1. The first-order valence-electron chi connectivity index (χ1n) is 6.47. The maximum absolute atomic E-state index is 5.47. The molecule has 2 N–H and O–H groups in total. The van der Waals surface area contributed by atoms with Crippen LogP contribution in [0.15, 0.2) is 4.52 Å². The summed E-state index contributed by atoms with van der Waals surface area (Å²) < 4.78 is 5.19. The van der Waals surface area contributed by atoms with Gasteiger partial charge in [0.1, 0.15) is 0 Å². The van der Waals surface area contributed by atoms with Crippen LogP contribution >= 0.6 is 0 Å². The highest BCUT2D eigenvalue weighted by Gasteiger charge is 2.26. The molecular formula is C12H22N4O. The smallest absolute Gasteiger partial charge is 0.227 e. The summed E-state index contributed by atoms with van der Waals surface area (Å²) >= 11 is 0. The molecule has 1 aliphatic heterocycles. The van der Waals surface area contributed by atoms with Gasteiger partial charge in [-0.2, -0.15) is 4.98 Å². The van der Waals surface area contributed by atoms with E-state index in [2.05, 4.69) is 28.9 Å². The van der Waals surface area contributed by atoms with Gasteiger partial charge in [-0.3, -0.25) is 0 Å². The Morgan fingerprint density at radius 1 is 1.53 bits per heavy atom. The highest BCUT2D eigenvalue weighted by molar-refractivity contribution is 4.99. The summed E-state index contributed by atoms with van der Waals surface area (Å²) in [6.45, 7) is 7.25. The quantitative estimate of drug-likeness (QED) is 0.852. The van der Waals surface area contributed by atoms with Gasteiger partial charge < -0.3 is 15.2 Å². The van der Waals surface area contributed by atoms with Gasteiger partial charge >= 0.3 is 0 Å². The van der Waals surface area contributed by atoms with E-state index in [4.69, 9.17) is 10.3 Å². The molecule has 0 saturated carbocycles. The van der Waals surface area contributed by atoms with Crippen molar-refractivity contribution in [3.8, 4) is 0 Å². The van der Waals surface area contributed by atoms with Gasteiger partial charge in [0.25, 0.3) is 0 Å². The molecule has 1 fully saturated rings. The molecule has 5 nitrogen and oxygen atoms in total. The molecule has 17 heavy (non-hydrogen) atoms. The van der Waals surface area contributed by atoms with Crippen LogP contribution in [0, 0.1) is 0 Å². The van der Waals surface area contributed by atoms with Crippen molar-refractivity contribution in [2.75, 3.05) is 19.6 Å². The zero-order chi connectivity index (χ0) is 12.3. The molecule has 0 aliphatic carbocycles. The lowest BCUT2D eigenvalue weighted by molar-refractivity contribution is 0.163. The van der Waals surface area contributed by atoms with E-state index in [1.54, 1.807) is 0 Å². The van der Waals surface area contributed by atoms with Crippen molar-refractivity contribution in [3.63, 3.8) is 0 Å². The fraction of sp³-hybridized carbons (Fsp3) is 0.833. The zero-order valence-corrected chi connectivity index (χ0v) is 10.7. The van der Waals surface area contributed by atoms with Crippen molar-refractivity contribution in [1.29, 1.82) is 0 Å². The Kier molecular flexibility index (Phi) is 4.12. The number of hydrogen-bond acceptors (Lipinski definition) is 5. The fourth-order valence-corrected chi connectivity index (χ4v) is 2.35. The monoisotopic (exact) mass is 238 g/mol. The zero-order valence-electron chi connectivity index (χ0n) is 10.7. The molecule has 0 spiro atoms. The molecule has 1 aliphatic rings. The Balaban J connectivity index is 2.00. The van der Waals surface area contributed by atoms with Gasteiger partial charge in [-0.15, -0.1) is 0 Å². The maximum atomic E-state index is 5.47. The minimum Gasteiger partial charge on any atom is -0.339 e. The van der Waals surface area contributed by atoms with Gasteiger partial charge in [-0.25, -0.2) is 0 Å². The highest BCUT2D eigenvalue weighted by Crippen LogP contribution is 2.25. The predicted octanol–water partition coefficient (Wildman–Crippen LogP) is 1.16. The summed E-state index contributed by atoms with van der Waals surface area (Å²) in [6.07, 6.45) is 3.04. The van der Waals surface area contributed by atoms with Crippen LogP contribution < -0.4 is 5.73 Å². The van der Waals surface area contributed by atoms with Crippen LogP contribution in [0.2, 0.25) is 0 Å². The summed E-state index contributed by atoms with van der Waals surface area (Å²) in [5, 5.41) is 4.08. The Morgan fingerprint density at radius 2 is 2.35 bits per heavy atom. The summed E-state index contributed by atoms with van der Waals surface area (Å²) in [5.74, 6) is 1.95. The van der Waals surface area contributed by atoms with Crippen molar-refractivity contribution >= 4 is 0 Å². The SMILES string of the molecule is CC(C)N1CCCC(c2noc(CCN)n2)C1. The lowest BCUT2D eigenvalue weighted by Crippen LogP contribution is -2.39. The van der Waals surface area contributed by atoms with Crippen molar-refractivity contribution < 1.29 is 4.52 Å². The van der Waals surface area contributed by atoms with Crippen molar-refractivity contribution in [2.45, 2.75) is 45.1 Å². The number of piperidine rings is 1. The topological polar surface area (TPSA) is 68.2 Å². The van der Waals surface area contributed by atoms with Crippen molar-refractivity contribution in [1.82, 2.24) is 15.0 Å². The standard InChI is InChI=1S/C12H22N4O/c1-9(2)16-7-3-4-10(8-16)12-14-11(5-6-13)17-15-12/h9-10H,3-8,13H2,1-2H3. The number of aromatic nitrogens is 2. The molecule has 1 aromatic rings. The molecule has 0 bridgehead atoms. The van der Waals surface area contributed by atoms with Crippen LogP contribution in [0.5, 0.6) is 0 Å². The Bertz CT molecular complexity index is 350. The summed E-state index contributed by atoms with van der Waals surface area (Å²) in [6, 6.07) is 0.591. The Morgan fingerprint density at radius 3 is 3.06 bits per heavy atom. The van der Waals surface area contributed by atoms with Gasteiger partial charge in [-0.1, -0.05) is 5.16 Å². The molecule has 0 aromatic carbocycles. The lowest BCUT2D eigenvalue weighted by atomic mass is 9.96. The van der Waals surface area contributed by atoms with E-state index in [9.17, 15) is 0 Å². The number of nitrogens with two attached hydrogens (primary N) is 1. The van der Waals surface area contributed by atoms with Crippen LogP contribution in [0.4, 0.5) is 0 Å². The normalized spacial score (nSPS) is 22.2. The van der Waals surface area contributed by atoms with Gasteiger partial charge in [-0.05, 0) is 33.2 Å². The van der Waals surface area contributed by atoms with E-state index >= 15 is 0 Å². The van der Waals surface area contributed by atoms with E-state index in [1.165, 1.54) is 13.0 Å². The second kappa shape index (κ2) is 5.60. The van der Waals surface area contributed by atoms with E-state index in [-0.39, 0.29) is 0 Å². The largest absolute Gasteiger partial charge is 0.339 e. The minimum atomic E-state index is 0.418. The highest BCUT2D eigenvalue weighted by atomic mass is 16.5. The molecule has 1 unspecified atom stereocenters. The first-order valence-corrected chi connectivity index (χ1v) is 6.47. The van der Waals surface area contributed by atoms with E-state index < -0.39 is 0 Å². The summed E-state index contributed by atoms with van der Waals surface area (Å²) in [7, 11) is 0. The molecule has 0 radical (unpaired) electrons. The van der Waals surface area contributed by atoms with Crippen LogP contribution in [-0.4, -0.2) is 40.7 Å². The second-order valence-corrected chi connectivity index (χ2v) is 5.01. The third-order valence-corrected chi connectivity index (χ3v) is 3.39. The van der Waals surface area contributed by atoms with Gasteiger partial charge in [0.15, 0.2) is 5.82 Å². The van der Waals surface area contributed by atoms with Crippen LogP contribution in [0.1, 0.15) is 44.3 Å². The average molecular weight is 238 g/mol. The van der Waals surface area contributed by atoms with E-state index in [0.717, 1.165) is 18.8 Å². The summed E-state index contributed by atoms with van der Waals surface area (Å²) in [5.41, 5.74) is 5.47. The number of rotatable bonds is 4. The molecule has 96 valence electrons. The second-order valence-electron chi connectivity index (χ2n) is 5.01.